The fourth-order valence-electron chi connectivity index (χ4n) is 6.91. The molecule has 1 saturated carbocycles. The summed E-state index contributed by atoms with van der Waals surface area (Å²) < 4.78 is 11.3. The Balaban J connectivity index is 1.39. The standard InChI is InChI=1S/C30H43N3O2/c1-22(2)25-9-5-6-10-26(25)27-21-32(20-23-8-7-11-28(34-3)29(23)35-4)16-17-33(27)24-18-30(19-24)12-14-31-15-13-30/h5-11,22,24,27,31H,12-21H2,1-4H3. The van der Waals surface area contributed by atoms with Crippen molar-refractivity contribution in [2.24, 2.45) is 5.41 Å². The highest BCUT2D eigenvalue weighted by atomic mass is 16.5. The molecule has 1 aliphatic carbocycles. The first-order chi connectivity index (χ1) is 17.0. The van der Waals surface area contributed by atoms with E-state index >= 15 is 0 Å². The average Bonchev–Trinajstić information content (AvgIpc) is 2.87. The molecule has 35 heavy (non-hydrogen) atoms. The van der Waals surface area contributed by atoms with Crippen LogP contribution in [0.3, 0.4) is 0 Å². The van der Waals surface area contributed by atoms with E-state index < -0.39 is 0 Å². The van der Waals surface area contributed by atoms with Gasteiger partial charge >= 0.3 is 0 Å². The molecule has 5 heteroatoms. The van der Waals surface area contributed by atoms with E-state index in [0.29, 0.717) is 23.4 Å². The molecule has 5 rings (SSSR count). The predicted molar refractivity (Wildman–Crippen MR) is 142 cm³/mol. The first kappa shape index (κ1) is 24.6. The molecule has 2 aromatic rings. The first-order valence-electron chi connectivity index (χ1n) is 13.5. The molecule has 5 nitrogen and oxygen atoms in total. The summed E-state index contributed by atoms with van der Waals surface area (Å²) in [5.41, 5.74) is 4.83. The molecule has 1 N–H and O–H groups in total. The van der Waals surface area contributed by atoms with E-state index in [1.54, 1.807) is 14.2 Å². The normalized spacial score (nSPS) is 23.4. The van der Waals surface area contributed by atoms with E-state index in [0.717, 1.165) is 37.7 Å². The van der Waals surface area contributed by atoms with Gasteiger partial charge in [0.1, 0.15) is 0 Å². The Morgan fingerprint density at radius 3 is 2.46 bits per heavy atom. The van der Waals surface area contributed by atoms with Crippen molar-refractivity contribution in [3.05, 3.63) is 59.2 Å². The number of rotatable bonds is 7. The summed E-state index contributed by atoms with van der Waals surface area (Å²) in [5, 5.41) is 3.56. The average molecular weight is 478 g/mol. The summed E-state index contributed by atoms with van der Waals surface area (Å²) in [6.45, 7) is 11.2. The molecular weight excluding hydrogens is 434 g/mol. The number of nitrogens with zero attached hydrogens (tertiary/aromatic N) is 2. The van der Waals surface area contributed by atoms with E-state index in [4.69, 9.17) is 9.47 Å². The maximum atomic E-state index is 5.75. The Bertz CT molecular complexity index is 993. The molecule has 2 aliphatic heterocycles. The number of piperazine rings is 1. The Kier molecular flexibility index (Phi) is 7.38. The van der Waals surface area contributed by atoms with E-state index in [1.807, 2.05) is 6.07 Å². The van der Waals surface area contributed by atoms with Gasteiger partial charge in [0.2, 0.25) is 0 Å². The van der Waals surface area contributed by atoms with Crippen molar-refractivity contribution in [1.29, 1.82) is 0 Å². The minimum atomic E-state index is 0.433. The van der Waals surface area contributed by atoms with Crippen LogP contribution in [-0.4, -0.2) is 62.8 Å². The lowest BCUT2D eigenvalue weighted by atomic mass is 9.60. The van der Waals surface area contributed by atoms with Crippen molar-refractivity contribution in [2.45, 2.75) is 64.1 Å². The first-order valence-corrected chi connectivity index (χ1v) is 13.5. The van der Waals surface area contributed by atoms with Gasteiger partial charge in [-0.05, 0) is 67.3 Å². The maximum Gasteiger partial charge on any atom is 0.165 e. The molecule has 3 fully saturated rings. The second kappa shape index (κ2) is 10.5. The Labute approximate surface area is 211 Å². The van der Waals surface area contributed by atoms with Crippen LogP contribution >= 0.6 is 0 Å². The van der Waals surface area contributed by atoms with Crippen LogP contribution in [-0.2, 0) is 6.54 Å². The number of piperidine rings is 1. The van der Waals surface area contributed by atoms with Gasteiger partial charge in [0.15, 0.2) is 11.5 Å². The van der Waals surface area contributed by atoms with Crippen LogP contribution < -0.4 is 14.8 Å². The Hall–Kier alpha value is -2.08. The van der Waals surface area contributed by atoms with Crippen LogP contribution in [0.4, 0.5) is 0 Å². The van der Waals surface area contributed by atoms with E-state index in [9.17, 15) is 0 Å². The number of hydrogen-bond donors (Lipinski definition) is 1. The minimum Gasteiger partial charge on any atom is -0.493 e. The lowest BCUT2D eigenvalue weighted by Crippen LogP contribution is -2.59. The molecule has 1 atom stereocenters. The number of para-hydroxylation sites is 1. The summed E-state index contributed by atoms with van der Waals surface area (Å²) in [6.07, 6.45) is 5.45. The van der Waals surface area contributed by atoms with Crippen molar-refractivity contribution in [3.8, 4) is 11.5 Å². The van der Waals surface area contributed by atoms with Gasteiger partial charge in [-0.3, -0.25) is 9.80 Å². The molecule has 190 valence electrons. The van der Waals surface area contributed by atoms with E-state index in [2.05, 4.69) is 65.4 Å². The van der Waals surface area contributed by atoms with Crippen molar-refractivity contribution >= 4 is 0 Å². The third-order valence-electron chi connectivity index (χ3n) is 8.83. The number of nitrogens with one attached hydrogen (secondary N) is 1. The summed E-state index contributed by atoms with van der Waals surface area (Å²) in [6, 6.07) is 16.6. The fourth-order valence-corrected chi connectivity index (χ4v) is 6.91. The highest BCUT2D eigenvalue weighted by molar-refractivity contribution is 5.46. The third-order valence-corrected chi connectivity index (χ3v) is 8.83. The molecule has 1 unspecified atom stereocenters. The maximum absolute atomic E-state index is 5.75. The number of hydrogen-bond acceptors (Lipinski definition) is 5. The topological polar surface area (TPSA) is 37.0 Å². The van der Waals surface area contributed by atoms with Crippen molar-refractivity contribution in [2.75, 3.05) is 46.9 Å². The molecular formula is C30H43N3O2. The van der Waals surface area contributed by atoms with Crippen molar-refractivity contribution in [3.63, 3.8) is 0 Å². The van der Waals surface area contributed by atoms with Crippen LogP contribution in [0, 0.1) is 5.41 Å². The van der Waals surface area contributed by atoms with Crippen LogP contribution in [0.2, 0.25) is 0 Å². The summed E-state index contributed by atoms with van der Waals surface area (Å²) >= 11 is 0. The fraction of sp³-hybridized carbons (Fsp3) is 0.600. The molecule has 3 aliphatic rings. The molecule has 0 radical (unpaired) electrons. The molecule has 2 aromatic carbocycles. The second-order valence-electron chi connectivity index (χ2n) is 11.2. The monoisotopic (exact) mass is 477 g/mol. The van der Waals surface area contributed by atoms with Crippen LogP contribution in [0.15, 0.2) is 42.5 Å². The SMILES string of the molecule is COc1cccc(CN2CCN(C3CC4(CCNCC4)C3)C(c3ccccc3C(C)C)C2)c1OC. The zero-order valence-electron chi connectivity index (χ0n) is 22.1. The lowest BCUT2D eigenvalue weighted by molar-refractivity contribution is -0.0651. The van der Waals surface area contributed by atoms with Crippen LogP contribution in [0.25, 0.3) is 0 Å². The van der Waals surface area contributed by atoms with Gasteiger partial charge in [0.25, 0.3) is 0 Å². The van der Waals surface area contributed by atoms with Gasteiger partial charge in [0, 0.05) is 43.8 Å². The molecule has 2 saturated heterocycles. The summed E-state index contributed by atoms with van der Waals surface area (Å²) in [4.78, 5) is 5.49. The van der Waals surface area contributed by atoms with Gasteiger partial charge < -0.3 is 14.8 Å². The van der Waals surface area contributed by atoms with Crippen LogP contribution in [0.1, 0.15) is 68.2 Å². The van der Waals surface area contributed by atoms with Gasteiger partial charge in [-0.2, -0.15) is 0 Å². The molecule has 0 amide bonds. The number of benzene rings is 2. The van der Waals surface area contributed by atoms with Crippen LogP contribution in [0.5, 0.6) is 11.5 Å². The van der Waals surface area contributed by atoms with Crippen molar-refractivity contribution in [1.82, 2.24) is 15.1 Å². The molecule has 1 spiro atoms. The third kappa shape index (κ3) is 4.96. The van der Waals surface area contributed by atoms with Gasteiger partial charge in [0.05, 0.1) is 14.2 Å². The summed E-state index contributed by atoms with van der Waals surface area (Å²) in [7, 11) is 3.46. The zero-order chi connectivity index (χ0) is 24.4. The Morgan fingerprint density at radius 1 is 0.971 bits per heavy atom. The Morgan fingerprint density at radius 2 is 1.74 bits per heavy atom. The zero-order valence-corrected chi connectivity index (χ0v) is 22.1. The minimum absolute atomic E-state index is 0.433. The lowest BCUT2D eigenvalue weighted by Gasteiger charge is -2.57. The quantitative estimate of drug-likeness (QED) is 0.592. The molecule has 0 aromatic heterocycles. The smallest absolute Gasteiger partial charge is 0.165 e. The second-order valence-corrected chi connectivity index (χ2v) is 11.2. The number of ether oxygens (including phenoxy) is 2. The largest absolute Gasteiger partial charge is 0.493 e. The molecule has 2 heterocycles. The highest BCUT2D eigenvalue weighted by Crippen LogP contribution is 2.52. The highest BCUT2D eigenvalue weighted by Gasteiger charge is 2.49. The summed E-state index contributed by atoms with van der Waals surface area (Å²) in [5.74, 6) is 2.20. The van der Waals surface area contributed by atoms with E-state index in [1.165, 1.54) is 55.5 Å². The van der Waals surface area contributed by atoms with Gasteiger partial charge in [-0.25, -0.2) is 0 Å². The van der Waals surface area contributed by atoms with Crippen molar-refractivity contribution < 1.29 is 9.47 Å². The van der Waals surface area contributed by atoms with Gasteiger partial charge in [-0.1, -0.05) is 50.2 Å². The predicted octanol–water partition coefficient (Wildman–Crippen LogP) is 5.22. The van der Waals surface area contributed by atoms with Gasteiger partial charge in [-0.15, -0.1) is 0 Å². The number of methoxy groups -OCH3 is 2. The molecule has 0 bridgehead atoms. The van der Waals surface area contributed by atoms with E-state index in [-0.39, 0.29) is 0 Å².